The largest absolute Gasteiger partial charge is 0.380 e. The van der Waals surface area contributed by atoms with E-state index in [4.69, 9.17) is 0 Å². The average molecular weight is 310 g/mol. The second kappa shape index (κ2) is 6.39. The molecule has 1 N–H and O–H groups in total. The summed E-state index contributed by atoms with van der Waals surface area (Å²) in [6, 6.07) is 8.58. The van der Waals surface area contributed by atoms with E-state index in [0.717, 1.165) is 42.8 Å². The molecule has 2 heterocycles. The number of nitrogens with zero attached hydrogens (tertiary/aromatic N) is 5. The monoisotopic (exact) mass is 310 g/mol. The molecular formula is C17H22N6. The van der Waals surface area contributed by atoms with Crippen LogP contribution in [-0.2, 0) is 0 Å². The van der Waals surface area contributed by atoms with Crippen LogP contribution in [0.2, 0.25) is 0 Å². The zero-order valence-electron chi connectivity index (χ0n) is 13.9. The Morgan fingerprint density at radius 3 is 2.57 bits per heavy atom. The highest BCUT2D eigenvalue weighted by atomic mass is 15.2. The molecule has 0 amide bonds. The molecule has 3 rings (SSSR count). The lowest BCUT2D eigenvalue weighted by Crippen LogP contribution is -2.44. The van der Waals surface area contributed by atoms with Crippen LogP contribution in [0.5, 0.6) is 0 Å². The van der Waals surface area contributed by atoms with Crippen molar-refractivity contribution in [2.45, 2.75) is 19.9 Å². The first-order chi connectivity index (χ1) is 11.1. The van der Waals surface area contributed by atoms with Crippen molar-refractivity contribution in [1.29, 1.82) is 5.26 Å². The zero-order valence-corrected chi connectivity index (χ0v) is 13.9. The normalized spacial score (nSPS) is 15.9. The summed E-state index contributed by atoms with van der Waals surface area (Å²) in [6.07, 6.45) is 0. The van der Waals surface area contributed by atoms with Gasteiger partial charge in [-0.1, -0.05) is 0 Å². The Bertz CT molecular complexity index is 741. The quantitative estimate of drug-likeness (QED) is 0.936. The number of hydrogen-bond acceptors (Lipinski definition) is 6. The van der Waals surface area contributed by atoms with Gasteiger partial charge in [-0.25, -0.2) is 0 Å². The van der Waals surface area contributed by atoms with E-state index < -0.39 is 0 Å². The van der Waals surface area contributed by atoms with Gasteiger partial charge in [-0.2, -0.15) is 5.26 Å². The Labute approximate surface area is 136 Å². The highest BCUT2D eigenvalue weighted by Gasteiger charge is 2.16. The molecule has 1 aliphatic heterocycles. The number of likely N-dealkylation sites (N-methyl/N-ethyl adjacent to an activating group) is 1. The number of piperazine rings is 1. The average Bonchev–Trinajstić information content (AvgIpc) is 2.55. The third-order valence-electron chi connectivity index (χ3n) is 4.15. The number of fused-ring (bicyclic) bond motifs is 1. The van der Waals surface area contributed by atoms with Crippen molar-refractivity contribution in [3.05, 3.63) is 23.9 Å². The SMILES string of the molecule is CC(C)Nc1c(C#N)nnc2cc(N3CCN(C)CC3)ccc12. The van der Waals surface area contributed by atoms with Crippen LogP contribution in [0.25, 0.3) is 10.9 Å². The van der Waals surface area contributed by atoms with E-state index in [1.807, 2.05) is 19.9 Å². The van der Waals surface area contributed by atoms with Crippen molar-refractivity contribution in [2.75, 3.05) is 43.4 Å². The van der Waals surface area contributed by atoms with Gasteiger partial charge in [0, 0.05) is 43.3 Å². The van der Waals surface area contributed by atoms with E-state index in [1.165, 1.54) is 5.69 Å². The second-order valence-electron chi connectivity index (χ2n) is 6.33. The first kappa shape index (κ1) is 15.5. The van der Waals surface area contributed by atoms with Crippen LogP contribution in [-0.4, -0.2) is 54.4 Å². The lowest BCUT2D eigenvalue weighted by atomic mass is 10.1. The third kappa shape index (κ3) is 3.20. The molecule has 1 fully saturated rings. The van der Waals surface area contributed by atoms with Crippen molar-refractivity contribution >= 4 is 22.3 Å². The number of nitrogens with one attached hydrogen (secondary N) is 1. The molecule has 1 aromatic carbocycles. The second-order valence-corrected chi connectivity index (χ2v) is 6.33. The van der Waals surface area contributed by atoms with E-state index in [2.05, 4.69) is 50.6 Å². The third-order valence-corrected chi connectivity index (χ3v) is 4.15. The van der Waals surface area contributed by atoms with Gasteiger partial charge in [0.25, 0.3) is 0 Å². The van der Waals surface area contributed by atoms with E-state index in [0.29, 0.717) is 5.69 Å². The van der Waals surface area contributed by atoms with Crippen LogP contribution in [0.3, 0.4) is 0 Å². The Balaban J connectivity index is 1.99. The molecule has 0 atom stereocenters. The van der Waals surface area contributed by atoms with Crippen molar-refractivity contribution in [2.24, 2.45) is 0 Å². The Hall–Kier alpha value is -2.39. The molecule has 0 unspecified atom stereocenters. The molecule has 1 saturated heterocycles. The lowest BCUT2D eigenvalue weighted by molar-refractivity contribution is 0.313. The molecule has 0 spiro atoms. The van der Waals surface area contributed by atoms with Gasteiger partial charge in [0.15, 0.2) is 5.69 Å². The summed E-state index contributed by atoms with van der Waals surface area (Å²) in [7, 11) is 2.15. The number of aromatic nitrogens is 2. The molecule has 0 saturated carbocycles. The minimum Gasteiger partial charge on any atom is -0.380 e. The Kier molecular flexibility index (Phi) is 4.30. The minimum absolute atomic E-state index is 0.229. The fourth-order valence-electron chi connectivity index (χ4n) is 2.87. The van der Waals surface area contributed by atoms with Gasteiger partial charge in [0.1, 0.15) is 6.07 Å². The Morgan fingerprint density at radius 2 is 1.91 bits per heavy atom. The van der Waals surface area contributed by atoms with Crippen molar-refractivity contribution in [3.8, 4) is 6.07 Å². The van der Waals surface area contributed by atoms with E-state index in [-0.39, 0.29) is 6.04 Å². The predicted molar refractivity (Wildman–Crippen MR) is 92.7 cm³/mol. The number of nitriles is 1. The number of rotatable bonds is 3. The fraction of sp³-hybridized carbons (Fsp3) is 0.471. The van der Waals surface area contributed by atoms with Crippen molar-refractivity contribution < 1.29 is 0 Å². The lowest BCUT2D eigenvalue weighted by Gasteiger charge is -2.34. The zero-order chi connectivity index (χ0) is 16.4. The molecule has 6 heteroatoms. The summed E-state index contributed by atoms with van der Waals surface area (Å²) < 4.78 is 0. The van der Waals surface area contributed by atoms with Gasteiger partial charge in [-0.05, 0) is 39.1 Å². The summed E-state index contributed by atoms with van der Waals surface area (Å²) in [5, 5.41) is 21.9. The molecule has 1 aliphatic rings. The topological polar surface area (TPSA) is 68.1 Å². The van der Waals surface area contributed by atoms with Gasteiger partial charge < -0.3 is 15.1 Å². The van der Waals surface area contributed by atoms with Gasteiger partial charge in [-0.3, -0.25) is 0 Å². The molecule has 0 radical (unpaired) electrons. The highest BCUT2D eigenvalue weighted by Crippen LogP contribution is 2.28. The van der Waals surface area contributed by atoms with Crippen LogP contribution in [0.15, 0.2) is 18.2 Å². The van der Waals surface area contributed by atoms with Crippen LogP contribution in [0, 0.1) is 11.3 Å². The van der Waals surface area contributed by atoms with Crippen LogP contribution in [0.4, 0.5) is 11.4 Å². The van der Waals surface area contributed by atoms with Crippen LogP contribution >= 0.6 is 0 Å². The molecule has 23 heavy (non-hydrogen) atoms. The molecule has 2 aromatic rings. The minimum atomic E-state index is 0.229. The van der Waals surface area contributed by atoms with Crippen LogP contribution in [0.1, 0.15) is 19.5 Å². The molecule has 6 nitrogen and oxygen atoms in total. The van der Waals surface area contributed by atoms with E-state index in [9.17, 15) is 5.26 Å². The fourth-order valence-corrected chi connectivity index (χ4v) is 2.87. The summed E-state index contributed by atoms with van der Waals surface area (Å²) >= 11 is 0. The maximum absolute atomic E-state index is 9.27. The Morgan fingerprint density at radius 1 is 1.17 bits per heavy atom. The predicted octanol–water partition coefficient (Wildman–Crippen LogP) is 2.07. The molecule has 0 aliphatic carbocycles. The van der Waals surface area contributed by atoms with E-state index in [1.54, 1.807) is 0 Å². The molecular weight excluding hydrogens is 288 g/mol. The van der Waals surface area contributed by atoms with Crippen LogP contribution < -0.4 is 10.2 Å². The molecule has 1 aromatic heterocycles. The van der Waals surface area contributed by atoms with E-state index >= 15 is 0 Å². The maximum Gasteiger partial charge on any atom is 0.186 e. The van der Waals surface area contributed by atoms with Crippen molar-refractivity contribution in [3.63, 3.8) is 0 Å². The van der Waals surface area contributed by atoms with Gasteiger partial charge in [-0.15, -0.1) is 10.2 Å². The van der Waals surface area contributed by atoms with Gasteiger partial charge in [0.2, 0.25) is 0 Å². The first-order valence-electron chi connectivity index (χ1n) is 7.99. The summed E-state index contributed by atoms with van der Waals surface area (Å²) in [5.74, 6) is 0. The standard InChI is InChI=1S/C17H22N6/c1-12(2)19-17-14-5-4-13(23-8-6-22(3)7-9-23)10-15(14)20-21-16(17)11-18/h4-5,10,12H,6-9H2,1-3H3,(H,19,20). The van der Waals surface area contributed by atoms with Crippen molar-refractivity contribution in [1.82, 2.24) is 15.1 Å². The smallest absolute Gasteiger partial charge is 0.186 e. The van der Waals surface area contributed by atoms with Gasteiger partial charge in [0.05, 0.1) is 11.2 Å². The summed E-state index contributed by atoms with van der Waals surface area (Å²) in [5.41, 5.74) is 3.11. The number of hydrogen-bond donors (Lipinski definition) is 1. The number of anilines is 2. The summed E-state index contributed by atoms with van der Waals surface area (Å²) in [6.45, 7) is 8.26. The first-order valence-corrected chi connectivity index (χ1v) is 7.99. The molecule has 120 valence electrons. The highest BCUT2D eigenvalue weighted by molar-refractivity contribution is 5.94. The molecule has 0 bridgehead atoms. The maximum atomic E-state index is 9.27. The van der Waals surface area contributed by atoms with Gasteiger partial charge >= 0.3 is 0 Å². The number of benzene rings is 1. The summed E-state index contributed by atoms with van der Waals surface area (Å²) in [4.78, 5) is 4.70.